The van der Waals surface area contributed by atoms with Crippen LogP contribution >= 0.6 is 22.7 Å². The maximum absolute atomic E-state index is 5.51. The lowest BCUT2D eigenvalue weighted by molar-refractivity contribution is 0.921. The minimum absolute atomic E-state index is 0.621. The van der Waals surface area contributed by atoms with Crippen molar-refractivity contribution in [3.63, 3.8) is 0 Å². The highest BCUT2D eigenvalue weighted by Gasteiger charge is 2.05. The van der Waals surface area contributed by atoms with E-state index < -0.39 is 0 Å². The van der Waals surface area contributed by atoms with Gasteiger partial charge in [0.25, 0.3) is 0 Å². The predicted octanol–water partition coefficient (Wildman–Crippen LogP) is 2.52. The molecular formula is C12H12N4S2. The number of fused-ring (bicyclic) bond motifs is 1. The minimum Gasteiger partial charge on any atom is -0.330 e. The quantitative estimate of drug-likeness (QED) is 0.796. The maximum Gasteiger partial charge on any atom is 0.212 e. The van der Waals surface area contributed by atoms with Crippen molar-refractivity contribution in [3.05, 3.63) is 39.3 Å². The number of hydrogen-bond acceptors (Lipinski definition) is 5. The zero-order valence-corrected chi connectivity index (χ0v) is 11.2. The Hall–Kier alpha value is -1.50. The summed E-state index contributed by atoms with van der Waals surface area (Å²) >= 11 is 3.30. The second-order valence-electron chi connectivity index (χ2n) is 3.79. The summed E-state index contributed by atoms with van der Waals surface area (Å²) in [6, 6.07) is 4.12. The first kappa shape index (κ1) is 11.6. The molecule has 0 unspecified atom stereocenters. The molecule has 0 saturated heterocycles. The summed E-state index contributed by atoms with van der Waals surface area (Å²) in [7, 11) is 0. The lowest BCUT2D eigenvalue weighted by atomic mass is 10.3. The average Bonchev–Trinajstić information content (AvgIpc) is 3.00. The summed E-state index contributed by atoms with van der Waals surface area (Å²) in [5.41, 5.74) is 6.51. The number of rotatable bonds is 4. The molecule has 0 fully saturated rings. The largest absolute Gasteiger partial charge is 0.330 e. The number of aromatic nitrogens is 3. The van der Waals surface area contributed by atoms with Crippen LogP contribution in [0.4, 0.5) is 0 Å². The SMILES string of the molecule is NCCc1cn2nc(/C=C/c3cccs3)sc2n1. The van der Waals surface area contributed by atoms with Crippen molar-refractivity contribution in [2.75, 3.05) is 6.54 Å². The Morgan fingerprint density at radius 3 is 3.06 bits per heavy atom. The van der Waals surface area contributed by atoms with Crippen LogP contribution in [0.25, 0.3) is 17.1 Å². The first-order valence-corrected chi connectivity index (χ1v) is 7.31. The van der Waals surface area contributed by atoms with Gasteiger partial charge in [0, 0.05) is 11.3 Å². The highest BCUT2D eigenvalue weighted by atomic mass is 32.1. The van der Waals surface area contributed by atoms with E-state index in [0.717, 1.165) is 22.1 Å². The molecule has 3 aromatic rings. The molecule has 3 aromatic heterocycles. The smallest absolute Gasteiger partial charge is 0.212 e. The Bertz CT molecular complexity index is 632. The molecule has 4 nitrogen and oxygen atoms in total. The fourth-order valence-corrected chi connectivity index (χ4v) is 3.06. The van der Waals surface area contributed by atoms with Crippen LogP contribution in [0.5, 0.6) is 0 Å². The molecule has 0 saturated carbocycles. The van der Waals surface area contributed by atoms with Gasteiger partial charge in [-0.25, -0.2) is 9.50 Å². The second kappa shape index (κ2) is 5.01. The Labute approximate surface area is 112 Å². The molecule has 18 heavy (non-hydrogen) atoms. The van der Waals surface area contributed by atoms with E-state index in [2.05, 4.69) is 27.6 Å². The van der Waals surface area contributed by atoms with Crippen LogP contribution in [0, 0.1) is 0 Å². The number of nitrogens with zero attached hydrogens (tertiary/aromatic N) is 3. The molecule has 0 atom stereocenters. The lowest BCUT2D eigenvalue weighted by Crippen LogP contribution is -2.02. The summed E-state index contributed by atoms with van der Waals surface area (Å²) in [6.45, 7) is 0.621. The molecule has 0 aliphatic rings. The van der Waals surface area contributed by atoms with E-state index in [1.165, 1.54) is 4.88 Å². The molecule has 0 aromatic carbocycles. The van der Waals surface area contributed by atoms with Gasteiger partial charge in [-0.1, -0.05) is 17.4 Å². The molecule has 0 aliphatic heterocycles. The van der Waals surface area contributed by atoms with E-state index in [0.29, 0.717) is 6.54 Å². The Morgan fingerprint density at radius 2 is 2.33 bits per heavy atom. The van der Waals surface area contributed by atoms with Crippen molar-refractivity contribution in [2.45, 2.75) is 6.42 Å². The molecule has 6 heteroatoms. The van der Waals surface area contributed by atoms with Crippen molar-refractivity contribution < 1.29 is 0 Å². The normalized spacial score (nSPS) is 11.8. The summed E-state index contributed by atoms with van der Waals surface area (Å²) in [5.74, 6) is 0. The minimum atomic E-state index is 0.621. The number of hydrogen-bond donors (Lipinski definition) is 1. The van der Waals surface area contributed by atoms with Crippen molar-refractivity contribution in [1.82, 2.24) is 14.6 Å². The van der Waals surface area contributed by atoms with Crippen molar-refractivity contribution in [1.29, 1.82) is 0 Å². The molecule has 2 N–H and O–H groups in total. The van der Waals surface area contributed by atoms with Crippen molar-refractivity contribution in [3.8, 4) is 0 Å². The van der Waals surface area contributed by atoms with Crippen LogP contribution in [0.2, 0.25) is 0 Å². The van der Waals surface area contributed by atoms with E-state index >= 15 is 0 Å². The zero-order chi connectivity index (χ0) is 12.4. The van der Waals surface area contributed by atoms with Crippen LogP contribution in [-0.2, 0) is 6.42 Å². The second-order valence-corrected chi connectivity index (χ2v) is 5.75. The highest BCUT2D eigenvalue weighted by Crippen LogP contribution is 2.18. The van der Waals surface area contributed by atoms with E-state index in [1.54, 1.807) is 22.7 Å². The molecule has 92 valence electrons. The fraction of sp³-hybridized carbons (Fsp3) is 0.167. The monoisotopic (exact) mass is 276 g/mol. The Kier molecular flexibility index (Phi) is 3.22. The van der Waals surface area contributed by atoms with Crippen molar-refractivity contribution in [2.24, 2.45) is 5.73 Å². The number of thiophene rings is 1. The van der Waals surface area contributed by atoms with E-state index in [-0.39, 0.29) is 0 Å². The first-order chi connectivity index (χ1) is 8.85. The molecule has 0 aliphatic carbocycles. The third-order valence-corrected chi connectivity index (χ3v) is 4.17. The number of nitrogens with two attached hydrogens (primary N) is 1. The van der Waals surface area contributed by atoms with E-state index in [9.17, 15) is 0 Å². The summed E-state index contributed by atoms with van der Waals surface area (Å²) < 4.78 is 1.82. The third kappa shape index (κ3) is 2.35. The molecule has 0 amide bonds. The highest BCUT2D eigenvalue weighted by molar-refractivity contribution is 7.17. The van der Waals surface area contributed by atoms with Gasteiger partial charge in [0.2, 0.25) is 4.96 Å². The standard InChI is InChI=1S/C12H12N4S2/c13-6-5-9-8-16-12(14-9)18-11(15-16)4-3-10-2-1-7-17-10/h1-4,7-8H,5-6,13H2/b4-3+. The zero-order valence-electron chi connectivity index (χ0n) is 9.61. The molecular weight excluding hydrogens is 264 g/mol. The molecule has 0 bridgehead atoms. The van der Waals surface area contributed by atoms with Gasteiger partial charge in [-0.3, -0.25) is 0 Å². The fourth-order valence-electron chi connectivity index (χ4n) is 1.64. The Morgan fingerprint density at radius 1 is 1.39 bits per heavy atom. The van der Waals surface area contributed by atoms with Gasteiger partial charge in [-0.15, -0.1) is 11.3 Å². The lowest BCUT2D eigenvalue weighted by Gasteiger charge is -1.87. The van der Waals surface area contributed by atoms with Crippen molar-refractivity contribution >= 4 is 39.8 Å². The van der Waals surface area contributed by atoms with Crippen LogP contribution in [-0.4, -0.2) is 21.1 Å². The van der Waals surface area contributed by atoms with Gasteiger partial charge >= 0.3 is 0 Å². The van der Waals surface area contributed by atoms with E-state index in [1.807, 2.05) is 22.9 Å². The summed E-state index contributed by atoms with van der Waals surface area (Å²) in [6.07, 6.45) is 6.84. The summed E-state index contributed by atoms with van der Waals surface area (Å²) in [5, 5.41) is 7.49. The molecule has 3 heterocycles. The topological polar surface area (TPSA) is 56.2 Å². The van der Waals surface area contributed by atoms with Crippen LogP contribution < -0.4 is 5.73 Å². The van der Waals surface area contributed by atoms with Crippen LogP contribution in [0.1, 0.15) is 15.6 Å². The summed E-state index contributed by atoms with van der Waals surface area (Å²) in [4.78, 5) is 6.62. The first-order valence-electron chi connectivity index (χ1n) is 5.62. The number of imidazole rings is 1. The predicted molar refractivity (Wildman–Crippen MR) is 76.9 cm³/mol. The van der Waals surface area contributed by atoms with Gasteiger partial charge in [0.15, 0.2) is 0 Å². The molecule has 3 rings (SSSR count). The van der Waals surface area contributed by atoms with Gasteiger partial charge in [0.1, 0.15) is 5.01 Å². The van der Waals surface area contributed by atoms with Gasteiger partial charge < -0.3 is 5.73 Å². The van der Waals surface area contributed by atoms with Gasteiger partial charge in [0.05, 0.1) is 11.9 Å². The van der Waals surface area contributed by atoms with Crippen LogP contribution in [0.3, 0.4) is 0 Å². The van der Waals surface area contributed by atoms with E-state index in [4.69, 9.17) is 5.73 Å². The third-order valence-electron chi connectivity index (χ3n) is 2.44. The molecule has 0 radical (unpaired) electrons. The van der Waals surface area contributed by atoms with Gasteiger partial charge in [-0.2, -0.15) is 5.10 Å². The van der Waals surface area contributed by atoms with Crippen LogP contribution in [0.15, 0.2) is 23.7 Å². The maximum atomic E-state index is 5.51. The van der Waals surface area contributed by atoms with Gasteiger partial charge in [-0.05, 0) is 30.1 Å². The molecule has 0 spiro atoms. The average molecular weight is 276 g/mol. The Balaban J connectivity index is 1.83.